The molecule has 23 heavy (non-hydrogen) atoms. The van der Waals surface area contributed by atoms with Crippen molar-refractivity contribution < 1.29 is 9.47 Å². The second kappa shape index (κ2) is 6.66. The van der Waals surface area contributed by atoms with Gasteiger partial charge in [0.25, 0.3) is 0 Å². The zero-order valence-electron chi connectivity index (χ0n) is 13.2. The van der Waals surface area contributed by atoms with E-state index in [-0.39, 0.29) is 0 Å². The number of hydrogen-bond acceptors (Lipinski definition) is 5. The highest BCUT2D eigenvalue weighted by atomic mass is 32.1. The third-order valence-corrected chi connectivity index (χ3v) is 4.39. The van der Waals surface area contributed by atoms with Gasteiger partial charge in [0.2, 0.25) is 4.80 Å². The quantitative estimate of drug-likeness (QED) is 0.739. The summed E-state index contributed by atoms with van der Waals surface area (Å²) in [4.78, 5) is 9.56. The van der Waals surface area contributed by atoms with Gasteiger partial charge in [-0.2, -0.15) is 4.98 Å². The zero-order chi connectivity index (χ0) is 16.2. The Kier molecular flexibility index (Phi) is 4.43. The number of aromatic nitrogens is 2. The summed E-state index contributed by atoms with van der Waals surface area (Å²) < 4.78 is 12.8. The molecule has 0 amide bonds. The van der Waals surface area contributed by atoms with Crippen LogP contribution in [0.4, 0.5) is 0 Å². The number of methoxy groups -OCH3 is 2. The molecule has 0 saturated carbocycles. The summed E-state index contributed by atoms with van der Waals surface area (Å²) in [5.41, 5.74) is 1.99. The van der Waals surface area contributed by atoms with Gasteiger partial charge in [0.05, 0.1) is 19.9 Å². The van der Waals surface area contributed by atoms with Gasteiger partial charge in [-0.15, -0.1) is 0 Å². The summed E-state index contributed by atoms with van der Waals surface area (Å²) in [6, 6.07) is 15.9. The molecule has 0 atom stereocenters. The standard InChI is InChI=1S/C17H17N3O2S/c1-18-17-19-16(20(23-17)13-7-5-4-6-8-13)12-9-10-14(21-2)15(11-12)22-3/h4-11H,1-3H3. The van der Waals surface area contributed by atoms with Crippen LogP contribution in [0.3, 0.4) is 0 Å². The number of para-hydroxylation sites is 1. The van der Waals surface area contributed by atoms with E-state index in [9.17, 15) is 0 Å². The Labute approximate surface area is 138 Å². The lowest BCUT2D eigenvalue weighted by Gasteiger charge is -2.10. The molecule has 0 unspecified atom stereocenters. The molecule has 118 valence electrons. The minimum atomic E-state index is 0.674. The lowest BCUT2D eigenvalue weighted by Crippen LogP contribution is -1.98. The minimum Gasteiger partial charge on any atom is -0.493 e. The van der Waals surface area contributed by atoms with Crippen molar-refractivity contribution in [2.75, 3.05) is 21.3 Å². The smallest absolute Gasteiger partial charge is 0.222 e. The molecule has 0 aliphatic carbocycles. The van der Waals surface area contributed by atoms with E-state index in [0.29, 0.717) is 11.5 Å². The molecule has 2 aromatic carbocycles. The molecule has 0 aliphatic heterocycles. The van der Waals surface area contributed by atoms with Crippen molar-refractivity contribution in [2.24, 2.45) is 4.99 Å². The fraction of sp³-hybridized carbons (Fsp3) is 0.176. The van der Waals surface area contributed by atoms with Gasteiger partial charge in [0, 0.05) is 12.6 Å². The molecular formula is C17H17N3O2S. The number of rotatable bonds is 4. The summed E-state index contributed by atoms with van der Waals surface area (Å²) >= 11 is 1.50. The Morgan fingerprint density at radius 1 is 1.00 bits per heavy atom. The molecule has 0 radical (unpaired) electrons. The third kappa shape index (κ3) is 2.98. The maximum Gasteiger partial charge on any atom is 0.222 e. The van der Waals surface area contributed by atoms with Crippen LogP contribution in [0, 0.1) is 0 Å². The first kappa shape index (κ1) is 15.3. The van der Waals surface area contributed by atoms with Crippen LogP contribution in [-0.2, 0) is 0 Å². The van der Waals surface area contributed by atoms with Crippen LogP contribution < -0.4 is 14.3 Å². The summed E-state index contributed by atoms with van der Waals surface area (Å²) in [5.74, 6) is 2.19. The van der Waals surface area contributed by atoms with Crippen LogP contribution in [0.2, 0.25) is 0 Å². The van der Waals surface area contributed by atoms with E-state index in [1.807, 2.05) is 48.5 Å². The average molecular weight is 327 g/mol. The molecule has 0 N–H and O–H groups in total. The lowest BCUT2D eigenvalue weighted by molar-refractivity contribution is 0.355. The Balaban J connectivity index is 2.19. The summed E-state index contributed by atoms with van der Waals surface area (Å²) in [7, 11) is 4.99. The Bertz CT molecular complexity index is 869. The van der Waals surface area contributed by atoms with Crippen LogP contribution in [0.5, 0.6) is 11.5 Å². The monoisotopic (exact) mass is 327 g/mol. The topological polar surface area (TPSA) is 48.6 Å². The first-order valence-electron chi connectivity index (χ1n) is 7.08. The van der Waals surface area contributed by atoms with Crippen LogP contribution in [-0.4, -0.2) is 30.2 Å². The van der Waals surface area contributed by atoms with Gasteiger partial charge >= 0.3 is 0 Å². The van der Waals surface area contributed by atoms with Gasteiger partial charge in [0.1, 0.15) is 0 Å². The molecule has 5 nitrogen and oxygen atoms in total. The highest BCUT2D eigenvalue weighted by molar-refractivity contribution is 7.04. The molecule has 0 saturated heterocycles. The van der Waals surface area contributed by atoms with Crippen molar-refractivity contribution in [2.45, 2.75) is 0 Å². The highest BCUT2D eigenvalue weighted by Gasteiger charge is 2.13. The molecule has 3 aromatic rings. The van der Waals surface area contributed by atoms with Gasteiger partial charge in [-0.1, -0.05) is 18.2 Å². The number of hydrogen-bond donors (Lipinski definition) is 0. The van der Waals surface area contributed by atoms with E-state index in [1.54, 1.807) is 21.3 Å². The summed E-state index contributed by atoms with van der Waals surface area (Å²) in [5, 5.41) is 0. The Hall–Kier alpha value is -2.60. The molecule has 0 bridgehead atoms. The third-order valence-electron chi connectivity index (χ3n) is 3.39. The predicted octanol–water partition coefficient (Wildman–Crippen LogP) is 3.15. The first-order valence-corrected chi connectivity index (χ1v) is 7.85. The van der Waals surface area contributed by atoms with E-state index >= 15 is 0 Å². The summed E-state index contributed by atoms with van der Waals surface area (Å²) in [6.45, 7) is 0. The van der Waals surface area contributed by atoms with E-state index in [1.165, 1.54) is 11.5 Å². The van der Waals surface area contributed by atoms with Crippen LogP contribution in [0.1, 0.15) is 0 Å². The molecule has 6 heteroatoms. The van der Waals surface area contributed by atoms with Crippen LogP contribution in [0.25, 0.3) is 17.1 Å². The number of nitrogens with zero attached hydrogens (tertiary/aromatic N) is 3. The number of ether oxygens (including phenoxy) is 2. The molecule has 3 rings (SSSR count). The summed E-state index contributed by atoms with van der Waals surface area (Å²) in [6.07, 6.45) is 0. The van der Waals surface area contributed by atoms with Gasteiger partial charge < -0.3 is 9.47 Å². The lowest BCUT2D eigenvalue weighted by atomic mass is 10.2. The van der Waals surface area contributed by atoms with Crippen molar-refractivity contribution in [1.29, 1.82) is 0 Å². The van der Waals surface area contributed by atoms with Crippen molar-refractivity contribution >= 4 is 11.5 Å². The van der Waals surface area contributed by atoms with Crippen molar-refractivity contribution in [3.8, 4) is 28.6 Å². The van der Waals surface area contributed by atoms with Gasteiger partial charge in [-0.25, -0.2) is 3.96 Å². The molecule has 1 heterocycles. The predicted molar refractivity (Wildman–Crippen MR) is 91.5 cm³/mol. The second-order valence-electron chi connectivity index (χ2n) is 4.73. The van der Waals surface area contributed by atoms with Gasteiger partial charge in [-0.3, -0.25) is 4.99 Å². The first-order chi connectivity index (χ1) is 11.3. The SMILES string of the molecule is CN=c1nc(-c2ccc(OC)c(OC)c2)n(-c2ccccc2)s1. The van der Waals surface area contributed by atoms with Crippen molar-refractivity contribution in [3.05, 3.63) is 53.3 Å². The van der Waals surface area contributed by atoms with E-state index in [2.05, 4.69) is 13.9 Å². The van der Waals surface area contributed by atoms with Gasteiger partial charge in [-0.05, 0) is 41.9 Å². The highest BCUT2D eigenvalue weighted by Crippen LogP contribution is 2.32. The fourth-order valence-electron chi connectivity index (χ4n) is 2.27. The fourth-order valence-corrected chi connectivity index (χ4v) is 3.10. The molecule has 1 aromatic heterocycles. The number of benzene rings is 2. The second-order valence-corrected chi connectivity index (χ2v) is 5.65. The Morgan fingerprint density at radius 3 is 2.39 bits per heavy atom. The molecule has 0 fully saturated rings. The maximum absolute atomic E-state index is 5.40. The molecular weight excluding hydrogens is 310 g/mol. The van der Waals surface area contributed by atoms with Crippen molar-refractivity contribution in [3.63, 3.8) is 0 Å². The van der Waals surface area contributed by atoms with E-state index in [0.717, 1.165) is 21.9 Å². The largest absolute Gasteiger partial charge is 0.493 e. The maximum atomic E-state index is 5.40. The van der Waals surface area contributed by atoms with E-state index < -0.39 is 0 Å². The average Bonchev–Trinajstić information content (AvgIpc) is 3.06. The molecule has 0 aliphatic rings. The molecule has 0 spiro atoms. The normalized spacial score (nSPS) is 11.5. The zero-order valence-corrected chi connectivity index (χ0v) is 14.0. The van der Waals surface area contributed by atoms with E-state index in [4.69, 9.17) is 9.47 Å². The van der Waals surface area contributed by atoms with Crippen LogP contribution in [0.15, 0.2) is 53.5 Å². The van der Waals surface area contributed by atoms with Crippen molar-refractivity contribution in [1.82, 2.24) is 8.94 Å². The van der Waals surface area contributed by atoms with Gasteiger partial charge in [0.15, 0.2) is 17.3 Å². The van der Waals surface area contributed by atoms with Crippen LogP contribution >= 0.6 is 11.5 Å². The Morgan fingerprint density at radius 2 is 1.74 bits per heavy atom. The minimum absolute atomic E-state index is 0.674.